The second-order valence-corrected chi connectivity index (χ2v) is 16.0. The van der Waals surface area contributed by atoms with Crippen LogP contribution in [-0.4, -0.2) is 14.1 Å². The van der Waals surface area contributed by atoms with Gasteiger partial charge in [-0.05, 0) is 88.0 Å². The van der Waals surface area contributed by atoms with Crippen molar-refractivity contribution in [3.63, 3.8) is 0 Å². The molecule has 0 bridgehead atoms. The van der Waals surface area contributed by atoms with Gasteiger partial charge in [0.15, 0.2) is 0 Å². The molecule has 9 aromatic carbocycles. The summed E-state index contributed by atoms with van der Waals surface area (Å²) in [5.74, 6) is 0. The molecule has 0 unspecified atom stereocenters. The maximum absolute atomic E-state index is 5.18. The Morgan fingerprint density at radius 2 is 0.661 bits per heavy atom. The molecule has 0 atom stereocenters. The summed E-state index contributed by atoms with van der Waals surface area (Å²) in [6.07, 6.45) is 0. The van der Waals surface area contributed by atoms with Gasteiger partial charge in [-0.3, -0.25) is 0 Å². The standard InChI is InChI=1S/C59H39N3/c1-4-16-40(17-5-1)44-22-14-23-45(36-44)41-30-32-48(33-31-41)61-56-28-12-10-26-50(56)52-34-35-53-51-27-11-13-29-57(51)62(59(53)58(52)61)49-25-15-24-46(37-49)47-38-54(42-18-6-2-7-19-42)60-55(39-47)43-20-8-3-9-21-43/h1-39H. The molecule has 0 aliphatic carbocycles. The fraction of sp³-hybridized carbons (Fsp3) is 0. The van der Waals surface area contributed by atoms with E-state index >= 15 is 0 Å². The van der Waals surface area contributed by atoms with E-state index in [0.29, 0.717) is 0 Å². The molecule has 0 saturated heterocycles. The molecule has 0 aliphatic heterocycles. The number of fused-ring (bicyclic) bond motifs is 7. The normalized spacial score (nSPS) is 11.5. The SMILES string of the molecule is c1ccc(-c2cccc(-c3ccc(-n4c5ccccc5c5ccc6c7ccccc7n(-c7cccc(-c8cc(-c9ccccc9)nc(-c9ccccc9)c8)c7)c6c54)cc3)c2)cc1. The van der Waals surface area contributed by atoms with E-state index in [-0.39, 0.29) is 0 Å². The second kappa shape index (κ2) is 14.8. The van der Waals surface area contributed by atoms with Gasteiger partial charge in [-0.15, -0.1) is 0 Å². The van der Waals surface area contributed by atoms with Gasteiger partial charge < -0.3 is 9.13 Å². The zero-order chi connectivity index (χ0) is 41.0. The number of hydrogen-bond donors (Lipinski definition) is 0. The molecule has 12 rings (SSSR count). The third-order valence-corrected chi connectivity index (χ3v) is 12.3. The lowest BCUT2D eigenvalue weighted by atomic mass is 9.99. The molecular weight excluding hydrogens is 751 g/mol. The molecule has 0 amide bonds. The zero-order valence-electron chi connectivity index (χ0n) is 33.9. The highest BCUT2D eigenvalue weighted by Gasteiger charge is 2.21. The van der Waals surface area contributed by atoms with Crippen LogP contribution in [0, 0.1) is 0 Å². The highest BCUT2D eigenvalue weighted by molar-refractivity contribution is 6.23. The second-order valence-electron chi connectivity index (χ2n) is 16.0. The average molecular weight is 790 g/mol. The van der Waals surface area contributed by atoms with E-state index in [1.54, 1.807) is 0 Å². The molecule has 3 heterocycles. The summed E-state index contributed by atoms with van der Waals surface area (Å²) >= 11 is 0. The van der Waals surface area contributed by atoms with Crippen LogP contribution in [0.15, 0.2) is 237 Å². The Morgan fingerprint density at radius 1 is 0.242 bits per heavy atom. The smallest absolute Gasteiger partial charge is 0.0788 e. The van der Waals surface area contributed by atoms with Gasteiger partial charge in [0.05, 0.1) is 33.5 Å². The first-order valence-corrected chi connectivity index (χ1v) is 21.2. The van der Waals surface area contributed by atoms with E-state index in [9.17, 15) is 0 Å². The van der Waals surface area contributed by atoms with E-state index in [1.807, 2.05) is 0 Å². The van der Waals surface area contributed by atoms with Crippen LogP contribution in [-0.2, 0) is 0 Å². The third kappa shape index (κ3) is 6.02. The highest BCUT2D eigenvalue weighted by atomic mass is 15.0. The number of hydrogen-bond acceptors (Lipinski definition) is 1. The highest BCUT2D eigenvalue weighted by Crippen LogP contribution is 2.42. The van der Waals surface area contributed by atoms with Gasteiger partial charge in [0.25, 0.3) is 0 Å². The predicted octanol–water partition coefficient (Wildman–Crippen LogP) is 15.6. The molecule has 0 aliphatic rings. The number of pyridine rings is 1. The van der Waals surface area contributed by atoms with Crippen LogP contribution >= 0.6 is 0 Å². The number of para-hydroxylation sites is 2. The van der Waals surface area contributed by atoms with Crippen LogP contribution in [0.1, 0.15) is 0 Å². The maximum atomic E-state index is 5.18. The van der Waals surface area contributed by atoms with Gasteiger partial charge in [-0.25, -0.2) is 4.98 Å². The summed E-state index contributed by atoms with van der Waals surface area (Å²) in [7, 11) is 0. The quantitative estimate of drug-likeness (QED) is 0.158. The topological polar surface area (TPSA) is 22.8 Å². The Labute approximate surface area is 360 Å². The summed E-state index contributed by atoms with van der Waals surface area (Å²) in [4.78, 5) is 5.18. The van der Waals surface area contributed by atoms with Crippen LogP contribution in [0.2, 0.25) is 0 Å². The van der Waals surface area contributed by atoms with Gasteiger partial charge in [-0.2, -0.15) is 0 Å². The lowest BCUT2D eigenvalue weighted by Crippen LogP contribution is -1.99. The van der Waals surface area contributed by atoms with Crippen molar-refractivity contribution in [3.8, 4) is 67.3 Å². The Morgan fingerprint density at radius 3 is 1.21 bits per heavy atom. The summed E-state index contributed by atoms with van der Waals surface area (Å²) in [5.41, 5.74) is 18.1. The Kier molecular flexibility index (Phi) is 8.50. The number of nitrogens with zero attached hydrogens (tertiary/aromatic N) is 3. The number of benzene rings is 9. The lowest BCUT2D eigenvalue weighted by Gasteiger charge is -2.15. The van der Waals surface area contributed by atoms with Crippen molar-refractivity contribution < 1.29 is 0 Å². The molecule has 3 heteroatoms. The molecule has 0 radical (unpaired) electrons. The van der Waals surface area contributed by atoms with E-state index < -0.39 is 0 Å². The van der Waals surface area contributed by atoms with E-state index in [1.165, 1.54) is 65.9 Å². The Hall–Kier alpha value is -8.27. The average Bonchev–Trinajstić information content (AvgIpc) is 3.88. The molecule has 3 nitrogen and oxygen atoms in total. The van der Waals surface area contributed by atoms with Crippen LogP contribution < -0.4 is 0 Å². The molecule has 0 saturated carbocycles. The zero-order valence-corrected chi connectivity index (χ0v) is 33.9. The fourth-order valence-corrected chi connectivity index (χ4v) is 9.38. The van der Waals surface area contributed by atoms with Crippen molar-refractivity contribution in [3.05, 3.63) is 237 Å². The van der Waals surface area contributed by atoms with Gasteiger partial charge in [0, 0.05) is 44.0 Å². The minimum absolute atomic E-state index is 0.949. The van der Waals surface area contributed by atoms with Gasteiger partial charge >= 0.3 is 0 Å². The van der Waals surface area contributed by atoms with Crippen molar-refractivity contribution >= 4 is 43.6 Å². The van der Waals surface area contributed by atoms with Crippen molar-refractivity contribution in [2.24, 2.45) is 0 Å². The van der Waals surface area contributed by atoms with Crippen LogP contribution in [0.25, 0.3) is 111 Å². The van der Waals surface area contributed by atoms with Crippen LogP contribution in [0.4, 0.5) is 0 Å². The van der Waals surface area contributed by atoms with Crippen molar-refractivity contribution in [1.82, 2.24) is 14.1 Å². The molecule has 12 aromatic rings. The molecule has 3 aromatic heterocycles. The summed E-state index contributed by atoms with van der Waals surface area (Å²) in [5, 5.41) is 4.90. The third-order valence-electron chi connectivity index (χ3n) is 12.3. The maximum Gasteiger partial charge on any atom is 0.0788 e. The first-order chi connectivity index (χ1) is 30.7. The first kappa shape index (κ1) is 35.7. The van der Waals surface area contributed by atoms with Gasteiger partial charge in [-0.1, -0.05) is 182 Å². The Balaban J connectivity index is 1.06. The fourth-order valence-electron chi connectivity index (χ4n) is 9.38. The predicted molar refractivity (Wildman–Crippen MR) is 260 cm³/mol. The Bertz CT molecular complexity index is 3540. The van der Waals surface area contributed by atoms with E-state index in [4.69, 9.17) is 4.98 Å². The van der Waals surface area contributed by atoms with Crippen molar-refractivity contribution in [2.45, 2.75) is 0 Å². The molecule has 0 fully saturated rings. The minimum Gasteiger partial charge on any atom is -0.307 e. The largest absolute Gasteiger partial charge is 0.307 e. The lowest BCUT2D eigenvalue weighted by molar-refractivity contribution is 1.15. The van der Waals surface area contributed by atoms with Crippen molar-refractivity contribution in [1.29, 1.82) is 0 Å². The molecule has 290 valence electrons. The summed E-state index contributed by atoms with van der Waals surface area (Å²) < 4.78 is 4.95. The van der Waals surface area contributed by atoms with Crippen molar-refractivity contribution in [2.75, 3.05) is 0 Å². The molecule has 0 N–H and O–H groups in total. The van der Waals surface area contributed by atoms with Crippen LogP contribution in [0.3, 0.4) is 0 Å². The molecular formula is C59H39N3. The summed E-state index contributed by atoms with van der Waals surface area (Å²) in [6.45, 7) is 0. The van der Waals surface area contributed by atoms with E-state index in [0.717, 1.165) is 45.0 Å². The van der Waals surface area contributed by atoms with Gasteiger partial charge in [0.1, 0.15) is 0 Å². The summed E-state index contributed by atoms with van der Waals surface area (Å²) in [6, 6.07) is 85.2. The van der Waals surface area contributed by atoms with Crippen LogP contribution in [0.5, 0.6) is 0 Å². The monoisotopic (exact) mass is 789 g/mol. The number of rotatable bonds is 7. The molecule has 0 spiro atoms. The molecule has 62 heavy (non-hydrogen) atoms. The number of aromatic nitrogens is 3. The van der Waals surface area contributed by atoms with Gasteiger partial charge in [0.2, 0.25) is 0 Å². The van der Waals surface area contributed by atoms with E-state index in [2.05, 4.69) is 246 Å². The minimum atomic E-state index is 0.949. The first-order valence-electron chi connectivity index (χ1n) is 21.2.